The molecule has 1 nitrogen and oxygen atoms in total. The molecule has 0 bridgehead atoms. The van der Waals surface area contributed by atoms with Crippen LogP contribution in [-0.2, 0) is 0 Å². The van der Waals surface area contributed by atoms with Crippen molar-refractivity contribution >= 4 is 11.8 Å². The molecule has 0 aromatic heterocycles. The highest BCUT2D eigenvalue weighted by atomic mass is 32.2. The van der Waals surface area contributed by atoms with Gasteiger partial charge in [-0.2, -0.15) is 11.8 Å². The van der Waals surface area contributed by atoms with E-state index in [-0.39, 0.29) is 0 Å². The highest BCUT2D eigenvalue weighted by molar-refractivity contribution is 8.00. The van der Waals surface area contributed by atoms with Gasteiger partial charge < -0.3 is 4.90 Å². The topological polar surface area (TPSA) is 3.24 Å². The van der Waals surface area contributed by atoms with Crippen molar-refractivity contribution in [2.45, 2.75) is 50.5 Å². The fourth-order valence-corrected chi connectivity index (χ4v) is 5.94. The number of nitrogens with zero attached hydrogens (tertiary/aromatic N) is 1. The standard InChI is InChI=1S/C19H25F2NS/c20-17-6-3-15(11-18(17)21)14-1-4-16(5-2-14)22-9-7-19(8-10-22)12-23-13-19/h3,6,11,14,16H,1-2,4-5,7-10,12-13H2. The molecule has 4 rings (SSSR count). The Kier molecular flexibility index (Phi) is 4.39. The van der Waals surface area contributed by atoms with Gasteiger partial charge in [0.05, 0.1) is 0 Å². The minimum atomic E-state index is -0.737. The first-order valence-electron chi connectivity index (χ1n) is 8.92. The quantitative estimate of drug-likeness (QED) is 0.761. The van der Waals surface area contributed by atoms with Crippen molar-refractivity contribution in [2.75, 3.05) is 24.6 Å². The highest BCUT2D eigenvalue weighted by Crippen LogP contribution is 2.47. The van der Waals surface area contributed by atoms with Crippen LogP contribution < -0.4 is 0 Å². The predicted molar refractivity (Wildman–Crippen MR) is 91.9 cm³/mol. The second-order valence-corrected chi connectivity index (χ2v) is 8.69. The Hall–Kier alpha value is -0.610. The maximum atomic E-state index is 13.4. The second kappa shape index (κ2) is 6.36. The Bertz CT molecular complexity index is 554. The Morgan fingerprint density at radius 1 is 0.957 bits per heavy atom. The van der Waals surface area contributed by atoms with E-state index in [1.165, 1.54) is 62.4 Å². The van der Waals surface area contributed by atoms with Crippen molar-refractivity contribution in [3.63, 3.8) is 0 Å². The molecule has 0 N–H and O–H groups in total. The van der Waals surface area contributed by atoms with Crippen molar-refractivity contribution < 1.29 is 8.78 Å². The Balaban J connectivity index is 1.31. The van der Waals surface area contributed by atoms with E-state index in [1.807, 2.05) is 0 Å². The molecule has 1 aliphatic carbocycles. The minimum Gasteiger partial charge on any atom is -0.300 e. The van der Waals surface area contributed by atoms with Crippen molar-refractivity contribution in [1.29, 1.82) is 0 Å². The Morgan fingerprint density at radius 2 is 1.65 bits per heavy atom. The molecule has 1 aromatic carbocycles. The van der Waals surface area contributed by atoms with Gasteiger partial charge in [0.1, 0.15) is 0 Å². The third-order valence-corrected chi connectivity index (χ3v) is 7.94. The molecule has 2 saturated heterocycles. The normalized spacial score (nSPS) is 31.0. The zero-order valence-electron chi connectivity index (χ0n) is 13.6. The van der Waals surface area contributed by atoms with Gasteiger partial charge in [-0.25, -0.2) is 8.78 Å². The summed E-state index contributed by atoms with van der Waals surface area (Å²) in [6.45, 7) is 2.53. The molecule has 3 aliphatic rings. The average molecular weight is 337 g/mol. The van der Waals surface area contributed by atoms with Crippen molar-refractivity contribution in [3.05, 3.63) is 35.4 Å². The van der Waals surface area contributed by atoms with Gasteiger partial charge >= 0.3 is 0 Å². The SMILES string of the molecule is Fc1ccc(C2CCC(N3CCC4(CC3)CSC4)CC2)cc1F. The summed E-state index contributed by atoms with van der Waals surface area (Å²) in [5.74, 6) is 1.72. The van der Waals surface area contributed by atoms with Gasteiger partial charge in [-0.05, 0) is 92.1 Å². The summed E-state index contributed by atoms with van der Waals surface area (Å²) in [6, 6.07) is 5.15. The monoisotopic (exact) mass is 337 g/mol. The summed E-state index contributed by atoms with van der Waals surface area (Å²) in [7, 11) is 0. The largest absolute Gasteiger partial charge is 0.300 e. The third kappa shape index (κ3) is 3.17. The van der Waals surface area contributed by atoms with Gasteiger partial charge in [0.25, 0.3) is 0 Å². The first-order valence-corrected chi connectivity index (χ1v) is 10.1. The van der Waals surface area contributed by atoms with Gasteiger partial charge in [0.2, 0.25) is 0 Å². The van der Waals surface area contributed by atoms with Crippen molar-refractivity contribution in [1.82, 2.24) is 4.90 Å². The Morgan fingerprint density at radius 3 is 2.22 bits per heavy atom. The van der Waals surface area contributed by atoms with Crippen LogP contribution in [0.2, 0.25) is 0 Å². The number of likely N-dealkylation sites (tertiary alicyclic amines) is 1. The molecule has 1 spiro atoms. The van der Waals surface area contributed by atoms with Gasteiger partial charge in [-0.15, -0.1) is 0 Å². The first kappa shape index (κ1) is 15.9. The van der Waals surface area contributed by atoms with E-state index < -0.39 is 11.6 Å². The van der Waals surface area contributed by atoms with Crippen molar-refractivity contribution in [2.24, 2.45) is 5.41 Å². The maximum absolute atomic E-state index is 13.4. The van der Waals surface area contributed by atoms with Crippen LogP contribution >= 0.6 is 11.8 Å². The van der Waals surface area contributed by atoms with Crippen LogP contribution in [-0.4, -0.2) is 35.5 Å². The number of thioether (sulfide) groups is 1. The molecule has 1 saturated carbocycles. The smallest absolute Gasteiger partial charge is 0.159 e. The fraction of sp³-hybridized carbons (Fsp3) is 0.684. The van der Waals surface area contributed by atoms with Gasteiger partial charge in [0, 0.05) is 6.04 Å². The van der Waals surface area contributed by atoms with Crippen LogP contribution in [0.4, 0.5) is 8.78 Å². The highest BCUT2D eigenvalue weighted by Gasteiger charge is 2.41. The molecule has 0 amide bonds. The zero-order chi connectivity index (χ0) is 15.9. The molecule has 1 aromatic rings. The number of halogens is 2. The molecule has 4 heteroatoms. The van der Waals surface area contributed by atoms with Crippen LogP contribution in [0.3, 0.4) is 0 Å². The predicted octanol–water partition coefficient (Wildman–Crippen LogP) is 4.82. The fourth-order valence-electron chi connectivity index (χ4n) is 4.58. The molecule has 2 aliphatic heterocycles. The minimum absolute atomic E-state index is 0.403. The summed E-state index contributed by atoms with van der Waals surface area (Å²) in [5, 5.41) is 0. The van der Waals surface area contributed by atoms with Crippen LogP contribution in [0.5, 0.6) is 0 Å². The summed E-state index contributed by atoms with van der Waals surface area (Å²) in [4.78, 5) is 2.70. The van der Waals surface area contributed by atoms with E-state index >= 15 is 0 Å². The van der Waals surface area contributed by atoms with Gasteiger partial charge in [0.15, 0.2) is 11.6 Å². The molecule has 0 atom stereocenters. The van der Waals surface area contributed by atoms with Crippen LogP contribution in [0.25, 0.3) is 0 Å². The van der Waals surface area contributed by atoms with Crippen molar-refractivity contribution in [3.8, 4) is 0 Å². The summed E-state index contributed by atoms with van der Waals surface area (Å²) in [6.07, 6.45) is 7.36. The third-order valence-electron chi connectivity index (χ3n) is 6.30. The lowest BCUT2D eigenvalue weighted by Gasteiger charge is -2.49. The van der Waals surface area contributed by atoms with E-state index in [1.54, 1.807) is 6.07 Å². The lowest BCUT2D eigenvalue weighted by atomic mass is 9.78. The summed E-state index contributed by atoms with van der Waals surface area (Å²) >= 11 is 2.10. The molecule has 0 unspecified atom stereocenters. The molecular formula is C19H25F2NS. The number of piperidine rings is 1. The molecule has 126 valence electrons. The van der Waals surface area contributed by atoms with Crippen LogP contribution in [0.15, 0.2) is 18.2 Å². The van der Waals surface area contributed by atoms with E-state index in [0.29, 0.717) is 17.4 Å². The molecule has 2 heterocycles. The number of rotatable bonds is 2. The summed E-state index contributed by atoms with van der Waals surface area (Å²) in [5.41, 5.74) is 1.66. The lowest BCUT2D eigenvalue weighted by molar-refractivity contribution is 0.0727. The second-order valence-electron chi connectivity index (χ2n) is 7.71. The van der Waals surface area contributed by atoms with E-state index in [2.05, 4.69) is 16.7 Å². The Labute approximate surface area is 141 Å². The molecular weight excluding hydrogens is 312 g/mol. The van der Waals surface area contributed by atoms with E-state index in [9.17, 15) is 8.78 Å². The molecule has 0 radical (unpaired) electrons. The molecule has 3 fully saturated rings. The van der Waals surface area contributed by atoms with Gasteiger partial charge in [-0.3, -0.25) is 0 Å². The number of benzene rings is 1. The first-order chi connectivity index (χ1) is 11.2. The van der Waals surface area contributed by atoms with Crippen LogP contribution in [0.1, 0.15) is 50.0 Å². The lowest BCUT2D eigenvalue weighted by Crippen LogP contribution is -2.50. The summed E-state index contributed by atoms with van der Waals surface area (Å²) < 4.78 is 26.5. The van der Waals surface area contributed by atoms with E-state index in [0.717, 1.165) is 18.4 Å². The van der Waals surface area contributed by atoms with Crippen LogP contribution in [0, 0.1) is 17.0 Å². The molecule has 23 heavy (non-hydrogen) atoms. The number of hydrogen-bond donors (Lipinski definition) is 0. The maximum Gasteiger partial charge on any atom is 0.159 e. The zero-order valence-corrected chi connectivity index (χ0v) is 14.4. The average Bonchev–Trinajstić information content (AvgIpc) is 2.56. The number of hydrogen-bond acceptors (Lipinski definition) is 2. The van der Waals surface area contributed by atoms with E-state index in [4.69, 9.17) is 0 Å². The van der Waals surface area contributed by atoms with Gasteiger partial charge in [-0.1, -0.05) is 6.07 Å².